The number of amides is 1. The highest BCUT2D eigenvalue weighted by Gasteiger charge is 2.24. The first-order valence-corrected chi connectivity index (χ1v) is 8.13. The van der Waals surface area contributed by atoms with Gasteiger partial charge in [0.05, 0.1) is 0 Å². The highest BCUT2D eigenvalue weighted by Crippen LogP contribution is 2.30. The standard InChI is InChI=1S/C17H29NO2/c1-17(2,3)20-16(19)18-12-7-10-14-8-5-4-6-9-15(14)11-13-18/h4-13H2,1-3H3. The lowest BCUT2D eigenvalue weighted by Gasteiger charge is -2.29. The molecule has 0 saturated carbocycles. The van der Waals surface area contributed by atoms with Crippen molar-refractivity contribution in [2.75, 3.05) is 13.1 Å². The second-order valence-corrected chi connectivity index (χ2v) is 7.09. The first-order valence-electron chi connectivity index (χ1n) is 8.13. The summed E-state index contributed by atoms with van der Waals surface area (Å²) in [5.41, 5.74) is 2.94. The molecule has 1 aliphatic carbocycles. The van der Waals surface area contributed by atoms with E-state index in [9.17, 15) is 4.79 Å². The van der Waals surface area contributed by atoms with Gasteiger partial charge in [0.15, 0.2) is 0 Å². The number of hydrogen-bond acceptors (Lipinski definition) is 2. The third-order valence-corrected chi connectivity index (χ3v) is 4.20. The monoisotopic (exact) mass is 279 g/mol. The van der Waals surface area contributed by atoms with Crippen LogP contribution in [0.2, 0.25) is 0 Å². The molecule has 1 amide bonds. The summed E-state index contributed by atoms with van der Waals surface area (Å²) in [6.45, 7) is 7.46. The van der Waals surface area contributed by atoms with Gasteiger partial charge in [-0.2, -0.15) is 0 Å². The smallest absolute Gasteiger partial charge is 0.410 e. The molecule has 0 N–H and O–H groups in total. The Morgan fingerprint density at radius 3 is 2.15 bits per heavy atom. The van der Waals surface area contributed by atoms with Gasteiger partial charge < -0.3 is 9.64 Å². The van der Waals surface area contributed by atoms with Crippen molar-refractivity contribution in [3.63, 3.8) is 0 Å². The number of allylic oxidation sites excluding steroid dienone is 1. The summed E-state index contributed by atoms with van der Waals surface area (Å²) >= 11 is 0. The van der Waals surface area contributed by atoms with E-state index in [1.54, 1.807) is 11.1 Å². The van der Waals surface area contributed by atoms with Crippen molar-refractivity contribution in [2.45, 2.75) is 77.7 Å². The number of nitrogens with zero attached hydrogens (tertiary/aromatic N) is 1. The topological polar surface area (TPSA) is 29.5 Å². The molecule has 0 saturated heterocycles. The molecule has 1 aliphatic heterocycles. The van der Waals surface area contributed by atoms with E-state index in [2.05, 4.69) is 0 Å². The fraction of sp³-hybridized carbons (Fsp3) is 0.824. The van der Waals surface area contributed by atoms with E-state index in [-0.39, 0.29) is 6.09 Å². The average molecular weight is 279 g/mol. The average Bonchev–Trinajstić information content (AvgIpc) is 2.52. The van der Waals surface area contributed by atoms with Crippen molar-refractivity contribution in [1.29, 1.82) is 0 Å². The molecule has 20 heavy (non-hydrogen) atoms. The van der Waals surface area contributed by atoms with E-state index in [0.29, 0.717) is 0 Å². The summed E-state index contributed by atoms with van der Waals surface area (Å²) in [7, 11) is 0. The lowest BCUT2D eigenvalue weighted by atomic mass is 9.95. The predicted octanol–water partition coefficient (Wildman–Crippen LogP) is 4.67. The summed E-state index contributed by atoms with van der Waals surface area (Å²) in [5.74, 6) is 0. The van der Waals surface area contributed by atoms with Crippen LogP contribution in [0.15, 0.2) is 11.1 Å². The Labute approximate surface area is 123 Å². The molecule has 0 unspecified atom stereocenters. The molecule has 0 aromatic heterocycles. The predicted molar refractivity (Wildman–Crippen MR) is 81.8 cm³/mol. The number of rotatable bonds is 0. The van der Waals surface area contributed by atoms with Crippen LogP contribution in [-0.2, 0) is 4.74 Å². The number of carbonyl (C=O) groups excluding carboxylic acids is 1. The molecule has 114 valence electrons. The molecule has 0 spiro atoms. The number of hydrogen-bond donors (Lipinski definition) is 0. The Hall–Kier alpha value is -0.990. The molecule has 0 bridgehead atoms. The van der Waals surface area contributed by atoms with E-state index in [1.807, 2.05) is 25.7 Å². The SMILES string of the molecule is CC(C)(C)OC(=O)N1CCCC2=C(CCCCC2)CC1. The third kappa shape index (κ3) is 4.53. The molecule has 2 aliphatic rings. The number of carbonyl (C=O) groups is 1. The molecule has 0 aromatic rings. The maximum Gasteiger partial charge on any atom is 0.410 e. The van der Waals surface area contributed by atoms with Crippen LogP contribution in [-0.4, -0.2) is 29.7 Å². The van der Waals surface area contributed by atoms with Gasteiger partial charge >= 0.3 is 6.09 Å². The summed E-state index contributed by atoms with van der Waals surface area (Å²) in [6.07, 6.45) is 9.75. The van der Waals surface area contributed by atoms with Gasteiger partial charge in [-0.15, -0.1) is 0 Å². The fourth-order valence-electron chi connectivity index (χ4n) is 3.18. The van der Waals surface area contributed by atoms with E-state index < -0.39 is 5.60 Å². The van der Waals surface area contributed by atoms with E-state index in [1.165, 1.54) is 38.5 Å². The largest absolute Gasteiger partial charge is 0.444 e. The minimum atomic E-state index is -0.397. The molecule has 3 heteroatoms. The van der Waals surface area contributed by atoms with Crippen LogP contribution in [0.5, 0.6) is 0 Å². The van der Waals surface area contributed by atoms with Gasteiger partial charge in [-0.1, -0.05) is 17.6 Å². The fourth-order valence-corrected chi connectivity index (χ4v) is 3.18. The molecule has 1 heterocycles. The Morgan fingerprint density at radius 1 is 0.900 bits per heavy atom. The Kier molecular flexibility index (Phi) is 5.11. The van der Waals surface area contributed by atoms with Crippen LogP contribution < -0.4 is 0 Å². The number of ether oxygens (including phenoxy) is 1. The Bertz CT molecular complexity index is 379. The zero-order chi connectivity index (χ0) is 14.6. The molecule has 0 fully saturated rings. The van der Waals surface area contributed by atoms with Crippen LogP contribution in [0.3, 0.4) is 0 Å². The molecule has 2 rings (SSSR count). The van der Waals surface area contributed by atoms with Crippen LogP contribution in [0.1, 0.15) is 72.1 Å². The molecule has 0 radical (unpaired) electrons. The molecule has 0 atom stereocenters. The highest BCUT2D eigenvalue weighted by atomic mass is 16.6. The van der Waals surface area contributed by atoms with Crippen LogP contribution in [0.4, 0.5) is 4.79 Å². The van der Waals surface area contributed by atoms with Gasteiger partial charge in [-0.05, 0) is 65.7 Å². The maximum atomic E-state index is 12.2. The molecular weight excluding hydrogens is 250 g/mol. The minimum absolute atomic E-state index is 0.143. The lowest BCUT2D eigenvalue weighted by molar-refractivity contribution is 0.0247. The van der Waals surface area contributed by atoms with Gasteiger partial charge in [0.2, 0.25) is 0 Å². The van der Waals surface area contributed by atoms with Gasteiger partial charge in [0.25, 0.3) is 0 Å². The van der Waals surface area contributed by atoms with Crippen LogP contribution in [0.25, 0.3) is 0 Å². The van der Waals surface area contributed by atoms with E-state index >= 15 is 0 Å². The first kappa shape index (κ1) is 15.4. The molecule has 3 nitrogen and oxygen atoms in total. The van der Waals surface area contributed by atoms with Crippen molar-refractivity contribution in [1.82, 2.24) is 4.90 Å². The third-order valence-electron chi connectivity index (χ3n) is 4.20. The second-order valence-electron chi connectivity index (χ2n) is 7.09. The summed E-state index contributed by atoms with van der Waals surface area (Å²) < 4.78 is 5.51. The normalized spacial score (nSPS) is 21.6. The molecular formula is C17H29NO2. The van der Waals surface area contributed by atoms with Crippen LogP contribution >= 0.6 is 0 Å². The maximum absolute atomic E-state index is 12.2. The Morgan fingerprint density at radius 2 is 1.50 bits per heavy atom. The quantitative estimate of drug-likeness (QED) is 0.603. The van der Waals surface area contributed by atoms with Crippen LogP contribution in [0, 0.1) is 0 Å². The zero-order valence-electron chi connectivity index (χ0n) is 13.3. The second kappa shape index (κ2) is 6.64. The van der Waals surface area contributed by atoms with Crippen molar-refractivity contribution < 1.29 is 9.53 Å². The van der Waals surface area contributed by atoms with Crippen molar-refractivity contribution >= 4 is 6.09 Å². The van der Waals surface area contributed by atoms with Crippen molar-refractivity contribution in [2.24, 2.45) is 0 Å². The van der Waals surface area contributed by atoms with Gasteiger partial charge in [0, 0.05) is 13.1 Å². The minimum Gasteiger partial charge on any atom is -0.444 e. The summed E-state index contributed by atoms with van der Waals surface area (Å²) in [4.78, 5) is 14.1. The van der Waals surface area contributed by atoms with Gasteiger partial charge in [-0.3, -0.25) is 0 Å². The Balaban J connectivity index is 1.97. The van der Waals surface area contributed by atoms with Gasteiger partial charge in [0.1, 0.15) is 5.60 Å². The van der Waals surface area contributed by atoms with E-state index in [4.69, 9.17) is 4.74 Å². The first-order chi connectivity index (χ1) is 9.46. The van der Waals surface area contributed by atoms with Gasteiger partial charge in [-0.25, -0.2) is 4.79 Å². The highest BCUT2D eigenvalue weighted by molar-refractivity contribution is 5.68. The van der Waals surface area contributed by atoms with Crippen molar-refractivity contribution in [3.05, 3.63) is 11.1 Å². The molecule has 0 aromatic carbocycles. The zero-order valence-corrected chi connectivity index (χ0v) is 13.3. The van der Waals surface area contributed by atoms with Crippen molar-refractivity contribution in [3.8, 4) is 0 Å². The van der Waals surface area contributed by atoms with E-state index in [0.717, 1.165) is 25.9 Å². The lowest BCUT2D eigenvalue weighted by Crippen LogP contribution is -2.38. The summed E-state index contributed by atoms with van der Waals surface area (Å²) in [6, 6.07) is 0. The summed E-state index contributed by atoms with van der Waals surface area (Å²) in [5, 5.41) is 0.